The van der Waals surface area contributed by atoms with Crippen molar-refractivity contribution in [2.24, 2.45) is 0 Å². The van der Waals surface area contributed by atoms with E-state index in [1.54, 1.807) is 0 Å². The molecule has 0 fully saturated rings. The summed E-state index contributed by atoms with van der Waals surface area (Å²) < 4.78 is 0. The van der Waals surface area contributed by atoms with Crippen LogP contribution in [0.4, 0.5) is 5.69 Å². The van der Waals surface area contributed by atoms with Crippen LogP contribution in [0.1, 0.15) is 16.7 Å². The molecule has 0 radical (unpaired) electrons. The molecule has 0 bridgehead atoms. The Morgan fingerprint density at radius 1 is 0.952 bits per heavy atom. The quantitative estimate of drug-likeness (QED) is 0.759. The molecule has 0 aliphatic heterocycles. The molecule has 1 N–H and O–H groups in total. The molecule has 3 rings (SSSR count). The lowest BCUT2D eigenvalue weighted by Crippen LogP contribution is -1.99. The zero-order chi connectivity index (χ0) is 14.5. The molecular weight excluding hydrogens is 278 g/mol. The first-order valence-electron chi connectivity index (χ1n) is 7.04. The van der Waals surface area contributed by atoms with E-state index in [2.05, 4.69) is 34.3 Å². The Bertz CT molecular complexity index is 690. The van der Waals surface area contributed by atoms with Crippen LogP contribution in [-0.4, -0.2) is 9.97 Å². The van der Waals surface area contributed by atoms with Gasteiger partial charge in [0.1, 0.15) is 0 Å². The zero-order valence-corrected chi connectivity index (χ0v) is 12.7. The fourth-order valence-corrected chi connectivity index (χ4v) is 2.95. The average Bonchev–Trinajstić information content (AvgIpc) is 3.02. The second-order valence-electron chi connectivity index (χ2n) is 4.74. The van der Waals surface area contributed by atoms with Crippen LogP contribution in [0.3, 0.4) is 0 Å². The Labute approximate surface area is 128 Å². The van der Waals surface area contributed by atoms with Gasteiger partial charge in [-0.1, -0.05) is 37.3 Å². The number of rotatable bonds is 5. The smallest absolute Gasteiger partial charge is 0.159 e. The molecule has 3 nitrogen and oxygen atoms in total. The van der Waals surface area contributed by atoms with E-state index in [0.29, 0.717) is 0 Å². The van der Waals surface area contributed by atoms with Crippen LogP contribution >= 0.6 is 11.3 Å². The predicted molar refractivity (Wildman–Crippen MR) is 88.5 cm³/mol. The van der Waals surface area contributed by atoms with Gasteiger partial charge in [0.25, 0.3) is 0 Å². The van der Waals surface area contributed by atoms with Gasteiger partial charge in [-0.25, -0.2) is 9.97 Å². The number of anilines is 1. The van der Waals surface area contributed by atoms with E-state index >= 15 is 0 Å². The first kappa shape index (κ1) is 13.8. The minimum atomic E-state index is 0.755. The Balaban J connectivity index is 1.64. The van der Waals surface area contributed by atoms with Gasteiger partial charge in [-0.3, -0.25) is 0 Å². The van der Waals surface area contributed by atoms with Crippen LogP contribution in [0.5, 0.6) is 0 Å². The lowest BCUT2D eigenvalue weighted by Gasteiger charge is -2.05. The monoisotopic (exact) mass is 295 g/mol. The molecule has 2 heterocycles. The van der Waals surface area contributed by atoms with Crippen molar-refractivity contribution in [3.8, 4) is 11.4 Å². The third-order valence-electron chi connectivity index (χ3n) is 3.22. The molecule has 0 amide bonds. The molecule has 4 heteroatoms. The van der Waals surface area contributed by atoms with Crippen LogP contribution in [0.2, 0.25) is 0 Å². The standard InChI is InChI=1S/C17H17N3S/c1-2-15-8-9-16(21-15)12-18-14-10-19-17(20-11-14)13-6-4-3-5-7-13/h3-11,18H,2,12H2,1H3. The maximum atomic E-state index is 4.41. The van der Waals surface area contributed by atoms with E-state index in [-0.39, 0.29) is 0 Å². The van der Waals surface area contributed by atoms with E-state index in [1.165, 1.54) is 9.75 Å². The number of hydrogen-bond donors (Lipinski definition) is 1. The molecule has 106 valence electrons. The molecule has 21 heavy (non-hydrogen) atoms. The second kappa shape index (κ2) is 6.50. The highest BCUT2D eigenvalue weighted by atomic mass is 32.1. The third-order valence-corrected chi connectivity index (χ3v) is 4.45. The minimum Gasteiger partial charge on any atom is -0.378 e. The zero-order valence-electron chi connectivity index (χ0n) is 11.9. The average molecular weight is 295 g/mol. The van der Waals surface area contributed by atoms with Gasteiger partial charge in [-0.2, -0.15) is 0 Å². The lowest BCUT2D eigenvalue weighted by molar-refractivity contribution is 1.12. The van der Waals surface area contributed by atoms with Gasteiger partial charge < -0.3 is 5.32 Å². The molecule has 0 spiro atoms. The molecule has 0 atom stereocenters. The number of aryl methyl sites for hydroxylation is 1. The van der Waals surface area contributed by atoms with E-state index in [0.717, 1.165) is 30.0 Å². The number of nitrogens with one attached hydrogen (secondary N) is 1. The summed E-state index contributed by atoms with van der Waals surface area (Å²) in [5.74, 6) is 0.755. The normalized spacial score (nSPS) is 10.5. The van der Waals surface area contributed by atoms with Gasteiger partial charge in [0.2, 0.25) is 0 Å². The van der Waals surface area contributed by atoms with E-state index < -0.39 is 0 Å². The number of nitrogens with zero attached hydrogens (tertiary/aromatic N) is 2. The summed E-state index contributed by atoms with van der Waals surface area (Å²) in [6, 6.07) is 14.4. The van der Waals surface area contributed by atoms with Crippen LogP contribution < -0.4 is 5.32 Å². The van der Waals surface area contributed by atoms with Crippen LogP contribution in [0.15, 0.2) is 54.9 Å². The van der Waals surface area contributed by atoms with Crippen LogP contribution in [0.25, 0.3) is 11.4 Å². The second-order valence-corrected chi connectivity index (χ2v) is 5.99. The molecule has 0 aliphatic carbocycles. The van der Waals surface area contributed by atoms with Crippen molar-refractivity contribution in [1.29, 1.82) is 0 Å². The van der Waals surface area contributed by atoms with Gasteiger partial charge in [0, 0.05) is 21.9 Å². The molecule has 3 aromatic rings. The van der Waals surface area contributed by atoms with Crippen molar-refractivity contribution in [1.82, 2.24) is 9.97 Å². The van der Waals surface area contributed by atoms with Gasteiger partial charge in [0.15, 0.2) is 5.82 Å². The van der Waals surface area contributed by atoms with E-state index in [1.807, 2.05) is 54.1 Å². The molecule has 0 unspecified atom stereocenters. The first-order valence-corrected chi connectivity index (χ1v) is 7.85. The number of hydrogen-bond acceptors (Lipinski definition) is 4. The maximum absolute atomic E-state index is 4.41. The van der Waals surface area contributed by atoms with Crippen LogP contribution in [-0.2, 0) is 13.0 Å². The number of benzene rings is 1. The van der Waals surface area contributed by atoms with Gasteiger partial charge in [-0.15, -0.1) is 11.3 Å². The van der Waals surface area contributed by atoms with Crippen molar-refractivity contribution in [3.05, 3.63) is 64.6 Å². The van der Waals surface area contributed by atoms with Crippen LogP contribution in [0, 0.1) is 0 Å². The molecule has 2 aromatic heterocycles. The Morgan fingerprint density at radius 2 is 1.67 bits per heavy atom. The fourth-order valence-electron chi connectivity index (χ4n) is 2.05. The van der Waals surface area contributed by atoms with Gasteiger partial charge >= 0.3 is 0 Å². The third kappa shape index (κ3) is 3.47. The highest BCUT2D eigenvalue weighted by Crippen LogP contribution is 2.19. The SMILES string of the molecule is CCc1ccc(CNc2cnc(-c3ccccc3)nc2)s1. The lowest BCUT2D eigenvalue weighted by atomic mass is 10.2. The highest BCUT2D eigenvalue weighted by Gasteiger charge is 2.02. The fraction of sp³-hybridized carbons (Fsp3) is 0.176. The predicted octanol–water partition coefficient (Wildman–Crippen LogP) is 4.38. The van der Waals surface area contributed by atoms with Gasteiger partial charge in [-0.05, 0) is 18.6 Å². The molecule has 1 aromatic carbocycles. The summed E-state index contributed by atoms with van der Waals surface area (Å²) in [6.45, 7) is 3.00. The van der Waals surface area contributed by atoms with Crippen molar-refractivity contribution in [2.75, 3.05) is 5.32 Å². The summed E-state index contributed by atoms with van der Waals surface area (Å²) in [7, 11) is 0. The summed E-state index contributed by atoms with van der Waals surface area (Å²) in [5, 5.41) is 3.36. The molecule has 0 aliphatic rings. The topological polar surface area (TPSA) is 37.8 Å². The molecule has 0 saturated heterocycles. The molecule has 0 saturated carbocycles. The largest absolute Gasteiger partial charge is 0.378 e. The number of thiophene rings is 1. The Kier molecular flexibility index (Phi) is 4.26. The summed E-state index contributed by atoms with van der Waals surface area (Å²) in [6.07, 6.45) is 4.77. The van der Waals surface area contributed by atoms with Crippen molar-refractivity contribution in [2.45, 2.75) is 19.9 Å². The summed E-state index contributed by atoms with van der Waals surface area (Å²) in [4.78, 5) is 11.6. The van der Waals surface area contributed by atoms with Crippen molar-refractivity contribution in [3.63, 3.8) is 0 Å². The maximum Gasteiger partial charge on any atom is 0.159 e. The van der Waals surface area contributed by atoms with E-state index in [9.17, 15) is 0 Å². The summed E-state index contributed by atoms with van der Waals surface area (Å²) >= 11 is 1.85. The molecular formula is C17H17N3S. The minimum absolute atomic E-state index is 0.755. The van der Waals surface area contributed by atoms with Crippen molar-refractivity contribution < 1.29 is 0 Å². The summed E-state index contributed by atoms with van der Waals surface area (Å²) in [5.41, 5.74) is 1.98. The Hall–Kier alpha value is -2.20. The first-order chi connectivity index (χ1) is 10.3. The van der Waals surface area contributed by atoms with Gasteiger partial charge in [0.05, 0.1) is 18.1 Å². The Morgan fingerprint density at radius 3 is 2.33 bits per heavy atom. The van der Waals surface area contributed by atoms with E-state index in [4.69, 9.17) is 0 Å². The highest BCUT2D eigenvalue weighted by molar-refractivity contribution is 7.12. The van der Waals surface area contributed by atoms with Crippen molar-refractivity contribution >= 4 is 17.0 Å². The number of aromatic nitrogens is 2.